The van der Waals surface area contributed by atoms with Crippen molar-refractivity contribution in [2.45, 2.75) is 78.1 Å². The van der Waals surface area contributed by atoms with Crippen LogP contribution in [0.5, 0.6) is 0 Å². The van der Waals surface area contributed by atoms with Crippen molar-refractivity contribution in [3.05, 3.63) is 0 Å². The average molecular weight is 299 g/mol. The molecule has 3 N–H and O–H groups in total. The van der Waals surface area contributed by atoms with Gasteiger partial charge >= 0.3 is 6.09 Å². The van der Waals surface area contributed by atoms with Gasteiger partial charge in [-0.15, -0.1) is 0 Å². The quantitative estimate of drug-likeness (QED) is 0.757. The van der Waals surface area contributed by atoms with Gasteiger partial charge < -0.3 is 15.8 Å². The molecule has 0 bridgehead atoms. The summed E-state index contributed by atoms with van der Waals surface area (Å²) < 4.78 is 5.33. The molecule has 1 fully saturated rings. The van der Waals surface area contributed by atoms with Crippen molar-refractivity contribution in [2.75, 3.05) is 13.1 Å². The van der Waals surface area contributed by atoms with Crippen molar-refractivity contribution >= 4 is 6.09 Å². The first-order valence-corrected chi connectivity index (χ1v) is 8.09. The van der Waals surface area contributed by atoms with Crippen LogP contribution in [0.2, 0.25) is 0 Å². The van der Waals surface area contributed by atoms with Crippen LogP contribution < -0.4 is 11.1 Å². The molecule has 1 saturated carbocycles. The second-order valence-electron chi connectivity index (χ2n) is 7.47. The van der Waals surface area contributed by atoms with E-state index in [0.717, 1.165) is 12.5 Å². The molecular formula is C16H33N3O2. The first-order chi connectivity index (χ1) is 9.64. The number of nitrogens with one attached hydrogen (secondary N) is 1. The Kier molecular flexibility index (Phi) is 6.47. The number of carbonyl (C=O) groups is 1. The zero-order valence-corrected chi connectivity index (χ0v) is 14.5. The van der Waals surface area contributed by atoms with Crippen LogP contribution >= 0.6 is 0 Å². The number of carbonyl (C=O) groups excluding carboxylic acids is 1. The van der Waals surface area contributed by atoms with E-state index in [1.807, 2.05) is 27.7 Å². The molecular weight excluding hydrogens is 266 g/mol. The Morgan fingerprint density at radius 2 is 1.90 bits per heavy atom. The Labute approximate surface area is 129 Å². The highest BCUT2D eigenvalue weighted by Gasteiger charge is 2.32. The zero-order chi connectivity index (χ0) is 16.2. The standard InChI is InChI=1S/C16H33N3O2/c1-11(2)19(10-13-7-8-13)14(9-17)12(3)18-15(20)21-16(4,5)6/h11-14H,7-10,17H2,1-6H3,(H,18,20). The Bertz CT molecular complexity index is 335. The molecule has 1 aliphatic rings. The van der Waals surface area contributed by atoms with Crippen LogP contribution in [-0.4, -0.2) is 47.8 Å². The summed E-state index contributed by atoms with van der Waals surface area (Å²) in [5.74, 6) is 0.801. The van der Waals surface area contributed by atoms with E-state index in [9.17, 15) is 4.79 Å². The molecule has 21 heavy (non-hydrogen) atoms. The summed E-state index contributed by atoms with van der Waals surface area (Å²) in [7, 11) is 0. The summed E-state index contributed by atoms with van der Waals surface area (Å²) in [6.45, 7) is 13.6. The summed E-state index contributed by atoms with van der Waals surface area (Å²) in [5.41, 5.74) is 5.50. The molecule has 2 unspecified atom stereocenters. The smallest absolute Gasteiger partial charge is 0.407 e. The van der Waals surface area contributed by atoms with Crippen LogP contribution in [-0.2, 0) is 4.74 Å². The van der Waals surface area contributed by atoms with Crippen molar-refractivity contribution in [1.29, 1.82) is 0 Å². The van der Waals surface area contributed by atoms with Gasteiger partial charge in [0.2, 0.25) is 0 Å². The molecule has 1 amide bonds. The summed E-state index contributed by atoms with van der Waals surface area (Å²) in [6, 6.07) is 0.520. The van der Waals surface area contributed by atoms with E-state index in [2.05, 4.69) is 24.1 Å². The average Bonchev–Trinajstić information content (AvgIpc) is 3.09. The van der Waals surface area contributed by atoms with E-state index in [1.165, 1.54) is 12.8 Å². The van der Waals surface area contributed by atoms with Gasteiger partial charge in [0.1, 0.15) is 5.60 Å². The molecule has 0 heterocycles. The zero-order valence-electron chi connectivity index (χ0n) is 14.5. The van der Waals surface area contributed by atoms with Gasteiger partial charge in [-0.05, 0) is 60.3 Å². The van der Waals surface area contributed by atoms with Crippen molar-refractivity contribution < 1.29 is 9.53 Å². The van der Waals surface area contributed by atoms with E-state index in [4.69, 9.17) is 10.5 Å². The minimum absolute atomic E-state index is 0.0361. The summed E-state index contributed by atoms with van der Waals surface area (Å²) in [5, 5.41) is 2.93. The first kappa shape index (κ1) is 18.2. The Morgan fingerprint density at radius 3 is 2.29 bits per heavy atom. The van der Waals surface area contributed by atoms with Crippen molar-refractivity contribution in [1.82, 2.24) is 10.2 Å². The third-order valence-corrected chi connectivity index (χ3v) is 3.82. The maximum absolute atomic E-state index is 11.9. The van der Waals surface area contributed by atoms with Crippen LogP contribution in [0.15, 0.2) is 0 Å². The number of nitrogens with two attached hydrogens (primary N) is 1. The topological polar surface area (TPSA) is 67.6 Å². The molecule has 0 aromatic heterocycles. The van der Waals surface area contributed by atoms with Crippen molar-refractivity contribution in [3.8, 4) is 0 Å². The number of nitrogens with zero attached hydrogens (tertiary/aromatic N) is 1. The highest BCUT2D eigenvalue weighted by atomic mass is 16.6. The number of hydrogen-bond acceptors (Lipinski definition) is 4. The Hall–Kier alpha value is -0.810. The lowest BCUT2D eigenvalue weighted by Crippen LogP contribution is -2.56. The van der Waals surface area contributed by atoms with E-state index in [1.54, 1.807) is 0 Å². The van der Waals surface area contributed by atoms with Crippen LogP contribution in [0.3, 0.4) is 0 Å². The molecule has 0 spiro atoms. The number of amides is 1. The monoisotopic (exact) mass is 299 g/mol. The molecule has 0 aliphatic heterocycles. The molecule has 124 valence electrons. The van der Waals surface area contributed by atoms with Gasteiger partial charge in [0, 0.05) is 31.2 Å². The molecule has 1 aliphatic carbocycles. The summed E-state index contributed by atoms with van der Waals surface area (Å²) >= 11 is 0. The van der Waals surface area contributed by atoms with Crippen LogP contribution in [0.1, 0.15) is 54.4 Å². The van der Waals surface area contributed by atoms with E-state index < -0.39 is 5.60 Å². The maximum Gasteiger partial charge on any atom is 0.407 e. The van der Waals surface area contributed by atoms with Gasteiger partial charge in [-0.25, -0.2) is 4.79 Å². The second-order valence-corrected chi connectivity index (χ2v) is 7.47. The number of ether oxygens (including phenoxy) is 1. The van der Waals surface area contributed by atoms with Crippen molar-refractivity contribution in [3.63, 3.8) is 0 Å². The predicted molar refractivity (Wildman–Crippen MR) is 86.2 cm³/mol. The largest absolute Gasteiger partial charge is 0.444 e. The maximum atomic E-state index is 11.9. The number of rotatable bonds is 7. The number of alkyl carbamates (subject to hydrolysis) is 1. The van der Waals surface area contributed by atoms with Crippen LogP contribution in [0.25, 0.3) is 0 Å². The van der Waals surface area contributed by atoms with Gasteiger partial charge in [0.25, 0.3) is 0 Å². The third kappa shape index (κ3) is 6.66. The van der Waals surface area contributed by atoms with Gasteiger partial charge in [0.15, 0.2) is 0 Å². The van der Waals surface area contributed by atoms with E-state index in [-0.39, 0.29) is 18.2 Å². The number of hydrogen-bond donors (Lipinski definition) is 2. The molecule has 1 rings (SSSR count). The van der Waals surface area contributed by atoms with Crippen LogP contribution in [0.4, 0.5) is 4.79 Å². The molecule has 0 aromatic carbocycles. The lowest BCUT2D eigenvalue weighted by Gasteiger charge is -2.38. The normalized spacial score (nSPS) is 18.7. The van der Waals surface area contributed by atoms with E-state index >= 15 is 0 Å². The fourth-order valence-electron chi connectivity index (χ4n) is 2.54. The lowest BCUT2D eigenvalue weighted by atomic mass is 10.1. The molecule has 5 nitrogen and oxygen atoms in total. The van der Waals surface area contributed by atoms with Gasteiger partial charge in [0.05, 0.1) is 0 Å². The van der Waals surface area contributed by atoms with E-state index in [0.29, 0.717) is 12.6 Å². The second kappa shape index (κ2) is 7.45. The third-order valence-electron chi connectivity index (χ3n) is 3.82. The fourth-order valence-corrected chi connectivity index (χ4v) is 2.54. The summed E-state index contributed by atoms with van der Waals surface area (Å²) in [4.78, 5) is 14.3. The van der Waals surface area contributed by atoms with Gasteiger partial charge in [-0.3, -0.25) is 4.90 Å². The van der Waals surface area contributed by atoms with Crippen molar-refractivity contribution in [2.24, 2.45) is 11.7 Å². The first-order valence-electron chi connectivity index (χ1n) is 8.09. The molecule has 2 atom stereocenters. The minimum Gasteiger partial charge on any atom is -0.444 e. The molecule has 0 radical (unpaired) electrons. The SMILES string of the molecule is CC(NC(=O)OC(C)(C)C)C(CN)N(CC1CC1)C(C)C. The Morgan fingerprint density at radius 1 is 1.33 bits per heavy atom. The predicted octanol–water partition coefficient (Wildman–Crippen LogP) is 2.35. The Balaban J connectivity index is 2.60. The molecule has 0 saturated heterocycles. The van der Waals surface area contributed by atoms with Gasteiger partial charge in [-0.1, -0.05) is 0 Å². The fraction of sp³-hybridized carbons (Fsp3) is 0.938. The highest BCUT2D eigenvalue weighted by Crippen LogP contribution is 2.31. The van der Waals surface area contributed by atoms with Gasteiger partial charge in [-0.2, -0.15) is 0 Å². The summed E-state index contributed by atoms with van der Waals surface area (Å²) in [6.07, 6.45) is 2.26. The minimum atomic E-state index is -0.478. The molecule has 5 heteroatoms. The highest BCUT2D eigenvalue weighted by molar-refractivity contribution is 5.68. The van der Waals surface area contributed by atoms with Crippen LogP contribution in [0, 0.1) is 5.92 Å². The molecule has 0 aromatic rings. The lowest BCUT2D eigenvalue weighted by molar-refractivity contribution is 0.0451.